The van der Waals surface area contributed by atoms with Crippen LogP contribution in [0.1, 0.15) is 25.3 Å². The second-order valence-corrected chi connectivity index (χ2v) is 4.48. The van der Waals surface area contributed by atoms with Crippen molar-refractivity contribution in [2.75, 3.05) is 0 Å². The topological polar surface area (TPSA) is 88.2 Å². The second kappa shape index (κ2) is 6.34. The highest BCUT2D eigenvalue weighted by atomic mass is 16.5. The van der Waals surface area contributed by atoms with Gasteiger partial charge in [0, 0.05) is 5.56 Å². The van der Waals surface area contributed by atoms with Gasteiger partial charge in [0.2, 0.25) is 13.7 Å². The molecule has 1 amide bonds. The van der Waals surface area contributed by atoms with Gasteiger partial charge in [0.05, 0.1) is 6.04 Å². The average Bonchev–Trinajstić information content (AvgIpc) is 2.94. The first-order valence-electron chi connectivity index (χ1n) is 6.46. The number of benzene rings is 1. The van der Waals surface area contributed by atoms with E-state index in [4.69, 9.17) is 4.52 Å². The standard InChI is InChI=1S/C13H16BN3O3/c1-2-9(15-13(14)19)10(18)12-16-11(17-20-12)8-6-4-3-5-7-8/h3-7,9-10,18H,2,14H2,1H3,(H,15,19)/t9-,10?/m0/s1. The summed E-state index contributed by atoms with van der Waals surface area (Å²) >= 11 is 0. The van der Waals surface area contributed by atoms with E-state index < -0.39 is 12.1 Å². The Hall–Kier alpha value is -2.15. The molecular formula is C13H16BN3O3. The number of hydrogen-bond acceptors (Lipinski definition) is 5. The first-order valence-corrected chi connectivity index (χ1v) is 6.46. The van der Waals surface area contributed by atoms with Crippen molar-refractivity contribution in [2.45, 2.75) is 25.5 Å². The Morgan fingerprint density at radius 3 is 2.75 bits per heavy atom. The largest absolute Gasteiger partial charge is 0.381 e. The Balaban J connectivity index is 2.17. The molecule has 20 heavy (non-hydrogen) atoms. The third-order valence-corrected chi connectivity index (χ3v) is 2.94. The zero-order chi connectivity index (χ0) is 14.5. The van der Waals surface area contributed by atoms with Crippen molar-refractivity contribution in [1.82, 2.24) is 15.5 Å². The predicted octanol–water partition coefficient (Wildman–Crippen LogP) is 0.891. The van der Waals surface area contributed by atoms with E-state index in [1.807, 2.05) is 37.3 Å². The molecule has 0 radical (unpaired) electrons. The van der Waals surface area contributed by atoms with Gasteiger partial charge in [-0.25, -0.2) is 0 Å². The summed E-state index contributed by atoms with van der Waals surface area (Å²) in [5.41, 5.74) is 0.808. The molecule has 1 aromatic heterocycles. The fraction of sp³-hybridized carbons (Fsp3) is 0.308. The Morgan fingerprint density at radius 1 is 1.45 bits per heavy atom. The lowest BCUT2D eigenvalue weighted by Gasteiger charge is -2.19. The van der Waals surface area contributed by atoms with Gasteiger partial charge in [-0.3, -0.25) is 4.79 Å². The summed E-state index contributed by atoms with van der Waals surface area (Å²) in [5, 5.41) is 16.7. The molecule has 1 aromatic carbocycles. The number of aromatic nitrogens is 2. The Kier molecular flexibility index (Phi) is 4.52. The molecule has 0 aliphatic heterocycles. The van der Waals surface area contributed by atoms with Crippen LogP contribution in [0.5, 0.6) is 0 Å². The summed E-state index contributed by atoms with van der Waals surface area (Å²) in [7, 11) is 1.40. The maximum absolute atomic E-state index is 11.1. The highest BCUT2D eigenvalue weighted by Gasteiger charge is 2.25. The minimum atomic E-state index is -1.02. The van der Waals surface area contributed by atoms with E-state index in [1.54, 1.807) is 0 Å². The van der Waals surface area contributed by atoms with E-state index >= 15 is 0 Å². The first-order chi connectivity index (χ1) is 9.61. The fourth-order valence-corrected chi connectivity index (χ4v) is 1.90. The van der Waals surface area contributed by atoms with Gasteiger partial charge in [-0.1, -0.05) is 42.4 Å². The molecule has 0 fully saturated rings. The maximum Gasteiger partial charge on any atom is 0.257 e. The lowest BCUT2D eigenvalue weighted by molar-refractivity contribution is 0.0953. The van der Waals surface area contributed by atoms with Crippen molar-refractivity contribution in [3.05, 3.63) is 36.2 Å². The van der Waals surface area contributed by atoms with E-state index in [0.29, 0.717) is 12.2 Å². The number of rotatable bonds is 5. The van der Waals surface area contributed by atoms with Crippen LogP contribution in [0, 0.1) is 0 Å². The van der Waals surface area contributed by atoms with Crippen molar-refractivity contribution in [3.8, 4) is 11.4 Å². The van der Waals surface area contributed by atoms with Crippen LogP contribution in [-0.4, -0.2) is 34.9 Å². The van der Waals surface area contributed by atoms with Crippen LogP contribution in [0.25, 0.3) is 11.4 Å². The Bertz CT molecular complexity index is 573. The molecule has 7 heteroatoms. The number of carbonyl (C=O) groups is 1. The summed E-state index contributed by atoms with van der Waals surface area (Å²) in [6, 6.07) is 8.89. The smallest absolute Gasteiger partial charge is 0.257 e. The Morgan fingerprint density at radius 2 is 2.15 bits per heavy atom. The number of carbonyl (C=O) groups excluding carboxylic acids is 1. The highest BCUT2D eigenvalue weighted by Crippen LogP contribution is 2.21. The van der Waals surface area contributed by atoms with Gasteiger partial charge >= 0.3 is 0 Å². The highest BCUT2D eigenvalue weighted by molar-refractivity contribution is 6.57. The van der Waals surface area contributed by atoms with Gasteiger partial charge in [0.15, 0.2) is 11.9 Å². The van der Waals surface area contributed by atoms with Crippen molar-refractivity contribution >= 4 is 13.7 Å². The van der Waals surface area contributed by atoms with Gasteiger partial charge in [0.1, 0.15) is 0 Å². The van der Waals surface area contributed by atoms with Gasteiger partial charge < -0.3 is 14.9 Å². The second-order valence-electron chi connectivity index (χ2n) is 4.48. The van der Waals surface area contributed by atoms with Crippen LogP contribution in [0.3, 0.4) is 0 Å². The monoisotopic (exact) mass is 273 g/mol. The summed E-state index contributed by atoms with van der Waals surface area (Å²) in [4.78, 5) is 15.3. The molecular weight excluding hydrogens is 257 g/mol. The van der Waals surface area contributed by atoms with E-state index in [9.17, 15) is 9.90 Å². The molecule has 0 saturated carbocycles. The van der Waals surface area contributed by atoms with Crippen molar-refractivity contribution in [3.63, 3.8) is 0 Å². The van der Waals surface area contributed by atoms with Gasteiger partial charge in [-0.15, -0.1) is 0 Å². The molecule has 1 heterocycles. The summed E-state index contributed by atoms with van der Waals surface area (Å²) in [6.45, 7) is 1.86. The van der Waals surface area contributed by atoms with Crippen LogP contribution in [0.15, 0.2) is 34.9 Å². The molecule has 2 N–H and O–H groups in total. The molecule has 104 valence electrons. The zero-order valence-corrected chi connectivity index (χ0v) is 11.4. The fourth-order valence-electron chi connectivity index (χ4n) is 1.90. The molecule has 0 spiro atoms. The van der Waals surface area contributed by atoms with E-state index in [2.05, 4.69) is 15.5 Å². The normalized spacial score (nSPS) is 13.7. The molecule has 0 aliphatic rings. The minimum absolute atomic E-state index is 0.101. The average molecular weight is 273 g/mol. The van der Waals surface area contributed by atoms with Crippen LogP contribution in [0.2, 0.25) is 0 Å². The molecule has 1 unspecified atom stereocenters. The SMILES string of the molecule is BC(=O)N[C@@H](CC)C(O)c1nc(-c2ccccc2)no1. The van der Waals surface area contributed by atoms with Crippen LogP contribution < -0.4 is 5.32 Å². The lowest BCUT2D eigenvalue weighted by Crippen LogP contribution is -2.38. The van der Waals surface area contributed by atoms with Gasteiger partial charge in [-0.05, 0) is 6.42 Å². The lowest BCUT2D eigenvalue weighted by atomic mass is 10.0. The molecule has 0 saturated heterocycles. The zero-order valence-electron chi connectivity index (χ0n) is 11.4. The van der Waals surface area contributed by atoms with Crippen molar-refractivity contribution in [1.29, 1.82) is 0 Å². The molecule has 0 aliphatic carbocycles. The van der Waals surface area contributed by atoms with Crippen molar-refractivity contribution in [2.24, 2.45) is 0 Å². The molecule has 6 nitrogen and oxygen atoms in total. The first kappa shape index (κ1) is 14.3. The van der Waals surface area contributed by atoms with Crippen LogP contribution in [0.4, 0.5) is 4.79 Å². The molecule has 2 aromatic rings. The third kappa shape index (κ3) is 3.24. The number of aliphatic hydroxyl groups is 1. The minimum Gasteiger partial charge on any atom is -0.381 e. The van der Waals surface area contributed by atoms with Gasteiger partial charge in [0.25, 0.3) is 5.89 Å². The van der Waals surface area contributed by atoms with E-state index in [1.165, 1.54) is 7.85 Å². The van der Waals surface area contributed by atoms with Crippen LogP contribution in [-0.2, 0) is 0 Å². The number of aliphatic hydroxyl groups excluding tert-OH is 1. The molecule has 2 rings (SSSR count). The van der Waals surface area contributed by atoms with Crippen LogP contribution >= 0.6 is 0 Å². The molecule has 2 atom stereocenters. The maximum atomic E-state index is 11.1. The summed E-state index contributed by atoms with van der Waals surface area (Å²) in [6.07, 6.45) is -0.460. The Labute approximate surface area is 117 Å². The predicted molar refractivity (Wildman–Crippen MR) is 75.8 cm³/mol. The number of nitrogens with one attached hydrogen (secondary N) is 1. The molecule has 0 bridgehead atoms. The number of nitrogens with zero attached hydrogens (tertiary/aromatic N) is 2. The third-order valence-electron chi connectivity index (χ3n) is 2.94. The summed E-state index contributed by atoms with van der Waals surface area (Å²) in [5.74, 6) is 0.306. The van der Waals surface area contributed by atoms with Gasteiger partial charge in [-0.2, -0.15) is 4.98 Å². The van der Waals surface area contributed by atoms with Crippen molar-refractivity contribution < 1.29 is 14.4 Å². The number of hydrogen-bond donors (Lipinski definition) is 2. The quantitative estimate of drug-likeness (QED) is 0.790. The number of amides is 1. The van der Waals surface area contributed by atoms with E-state index in [0.717, 1.165) is 5.56 Å². The van der Waals surface area contributed by atoms with E-state index in [-0.39, 0.29) is 11.7 Å². The summed E-state index contributed by atoms with van der Waals surface area (Å²) < 4.78 is 5.08.